The topological polar surface area (TPSA) is 113 Å². The Balaban J connectivity index is 0.000000326. The maximum Gasteiger partial charge on any atom is 0.335 e. The van der Waals surface area contributed by atoms with Gasteiger partial charge < -0.3 is 22.0 Å². The normalized spacial score (nSPS) is 11.8. The van der Waals surface area contributed by atoms with Crippen LogP contribution in [0.2, 0.25) is 0 Å². The summed E-state index contributed by atoms with van der Waals surface area (Å²) in [4.78, 5) is 10.2. The maximum atomic E-state index is 10.2. The van der Waals surface area contributed by atoms with E-state index in [0.29, 0.717) is 11.3 Å². The molecule has 0 radical (unpaired) electrons. The number of nitrogens with two attached hydrogens (primary N) is 2. The van der Waals surface area contributed by atoms with Gasteiger partial charge in [0.25, 0.3) is 0 Å². The Morgan fingerprint density at radius 1 is 0.788 bits per heavy atom. The molecule has 4 rings (SSSR count). The van der Waals surface area contributed by atoms with Crippen molar-refractivity contribution in [1.82, 2.24) is 0 Å². The van der Waals surface area contributed by atoms with Crippen LogP contribution in [0, 0.1) is 12.3 Å². The van der Waals surface area contributed by atoms with Crippen molar-refractivity contribution in [3.63, 3.8) is 0 Å². The lowest BCUT2D eigenvalue weighted by atomic mass is 9.90. The second-order valence-corrected chi connectivity index (χ2v) is 7.32. The molecular weight excluding hydrogens is 434 g/mol. The molecule has 3 aromatic rings. The van der Waals surface area contributed by atoms with E-state index < -0.39 is 5.97 Å². The van der Waals surface area contributed by atoms with Gasteiger partial charge in [-0.1, -0.05) is 48.6 Å². The fourth-order valence-electron chi connectivity index (χ4n) is 3.20. The van der Waals surface area contributed by atoms with Gasteiger partial charge in [-0.3, -0.25) is 0 Å². The number of hydrogen-bond acceptors (Lipinski definition) is 4. The highest BCUT2D eigenvalue weighted by atomic mass is 35.5. The Kier molecular flexibility index (Phi) is 8.78. The first-order chi connectivity index (χ1) is 15.3. The number of carboxylic acid groups (broad SMARTS) is 1. The van der Waals surface area contributed by atoms with E-state index in [1.165, 1.54) is 0 Å². The minimum absolute atomic E-state index is 0. The number of aromatic carboxylic acids is 1. The van der Waals surface area contributed by atoms with Crippen LogP contribution in [0.1, 0.15) is 27.0 Å². The monoisotopic (exact) mass is 459 g/mol. The van der Waals surface area contributed by atoms with Gasteiger partial charge in [-0.25, -0.2) is 4.79 Å². The number of carboxylic acids is 1. The standard InChI is InChI=1S/C20H19N3.C7H6O2.ClH/c1-13-12-16(6-11-19(13)23)20(14-2-7-17(21)8-3-14)15-4-9-18(22)10-5-15;8-7(9)6-4-2-1-3-5-6;/h2-12,21H,22-23H2,1H3;1-5H,(H,8,9);1H. The summed E-state index contributed by atoms with van der Waals surface area (Å²) in [5, 5.41) is 16.1. The molecule has 1 aliphatic carbocycles. The molecule has 0 bridgehead atoms. The van der Waals surface area contributed by atoms with Crippen LogP contribution in [-0.2, 0) is 0 Å². The van der Waals surface area contributed by atoms with Crippen LogP contribution in [0.5, 0.6) is 0 Å². The number of nitrogens with one attached hydrogen (secondary N) is 1. The Hall–Kier alpha value is -4.09. The van der Waals surface area contributed by atoms with Crippen molar-refractivity contribution >= 4 is 41.0 Å². The third kappa shape index (κ3) is 6.69. The largest absolute Gasteiger partial charge is 0.478 e. The van der Waals surface area contributed by atoms with E-state index in [9.17, 15) is 4.79 Å². The van der Waals surface area contributed by atoms with Gasteiger partial charge in [0.05, 0.1) is 11.3 Å². The zero-order chi connectivity index (χ0) is 23.1. The van der Waals surface area contributed by atoms with Crippen molar-refractivity contribution in [2.75, 3.05) is 11.5 Å². The predicted molar refractivity (Wildman–Crippen MR) is 139 cm³/mol. The fourth-order valence-corrected chi connectivity index (χ4v) is 3.20. The molecule has 0 spiro atoms. The molecule has 0 aromatic heterocycles. The number of allylic oxidation sites excluding steroid dienone is 5. The second-order valence-electron chi connectivity index (χ2n) is 7.32. The third-order valence-electron chi connectivity index (χ3n) is 4.95. The second kappa shape index (κ2) is 11.5. The Labute approximate surface area is 199 Å². The van der Waals surface area contributed by atoms with Gasteiger partial charge in [0, 0.05) is 11.4 Å². The number of carbonyl (C=O) groups is 1. The van der Waals surface area contributed by atoms with E-state index in [1.54, 1.807) is 42.5 Å². The zero-order valence-electron chi connectivity index (χ0n) is 18.2. The summed E-state index contributed by atoms with van der Waals surface area (Å²) in [5.74, 6) is -0.879. The van der Waals surface area contributed by atoms with Crippen LogP contribution in [0.15, 0.2) is 103 Å². The molecule has 0 fully saturated rings. The number of aryl methyl sites for hydroxylation is 1. The van der Waals surface area contributed by atoms with Crippen LogP contribution in [0.4, 0.5) is 11.4 Å². The SMILES string of the molecule is Cc1cc(C(=C2C=CC(=N)C=C2)c2ccc(N)cc2)ccc1N.Cl.O=C(O)c1ccccc1. The van der Waals surface area contributed by atoms with Gasteiger partial charge in [0.2, 0.25) is 0 Å². The van der Waals surface area contributed by atoms with Gasteiger partial charge in [-0.15, -0.1) is 12.4 Å². The lowest BCUT2D eigenvalue weighted by molar-refractivity contribution is 0.0697. The molecule has 5 nitrogen and oxygen atoms in total. The summed E-state index contributed by atoms with van der Waals surface area (Å²) in [6.45, 7) is 2.01. The molecule has 168 valence electrons. The van der Waals surface area contributed by atoms with E-state index in [0.717, 1.165) is 39.2 Å². The van der Waals surface area contributed by atoms with E-state index in [1.807, 2.05) is 55.5 Å². The average molecular weight is 460 g/mol. The third-order valence-corrected chi connectivity index (χ3v) is 4.95. The van der Waals surface area contributed by atoms with Crippen molar-refractivity contribution in [2.24, 2.45) is 0 Å². The maximum absolute atomic E-state index is 10.2. The quantitative estimate of drug-likeness (QED) is 0.364. The van der Waals surface area contributed by atoms with Gasteiger partial charge in [0.15, 0.2) is 0 Å². The molecule has 0 amide bonds. The molecule has 1 aliphatic rings. The summed E-state index contributed by atoms with van der Waals surface area (Å²) in [5.41, 5.74) is 19.5. The summed E-state index contributed by atoms with van der Waals surface area (Å²) < 4.78 is 0. The Morgan fingerprint density at radius 2 is 1.36 bits per heavy atom. The number of rotatable bonds is 3. The highest BCUT2D eigenvalue weighted by molar-refractivity contribution is 6.05. The number of halogens is 1. The van der Waals surface area contributed by atoms with Crippen LogP contribution < -0.4 is 11.5 Å². The van der Waals surface area contributed by atoms with Gasteiger partial charge in [0.1, 0.15) is 0 Å². The van der Waals surface area contributed by atoms with Crippen LogP contribution in [-0.4, -0.2) is 16.8 Å². The van der Waals surface area contributed by atoms with Crippen molar-refractivity contribution in [3.05, 3.63) is 125 Å². The smallest absolute Gasteiger partial charge is 0.335 e. The van der Waals surface area contributed by atoms with Crippen LogP contribution >= 0.6 is 12.4 Å². The van der Waals surface area contributed by atoms with Gasteiger partial charge in [-0.2, -0.15) is 0 Å². The summed E-state index contributed by atoms with van der Waals surface area (Å²) in [7, 11) is 0. The molecule has 0 unspecified atom stereocenters. The highest BCUT2D eigenvalue weighted by Crippen LogP contribution is 2.31. The molecule has 6 N–H and O–H groups in total. The lowest BCUT2D eigenvalue weighted by Gasteiger charge is -2.15. The lowest BCUT2D eigenvalue weighted by Crippen LogP contribution is -1.99. The van der Waals surface area contributed by atoms with E-state index in [2.05, 4.69) is 6.07 Å². The van der Waals surface area contributed by atoms with E-state index in [4.69, 9.17) is 22.0 Å². The first-order valence-electron chi connectivity index (χ1n) is 10.0. The van der Waals surface area contributed by atoms with Gasteiger partial charge in [-0.05, 0) is 83.3 Å². The number of anilines is 2. The molecule has 0 atom stereocenters. The summed E-state index contributed by atoms with van der Waals surface area (Å²) in [6.07, 6.45) is 7.55. The molecule has 0 saturated carbocycles. The summed E-state index contributed by atoms with van der Waals surface area (Å²) in [6, 6.07) is 22.2. The average Bonchev–Trinajstić information content (AvgIpc) is 2.80. The zero-order valence-corrected chi connectivity index (χ0v) is 19.0. The number of benzene rings is 3. The first kappa shape index (κ1) is 25.2. The Morgan fingerprint density at radius 3 is 1.88 bits per heavy atom. The number of hydrogen-bond donors (Lipinski definition) is 4. The molecule has 0 aliphatic heterocycles. The predicted octanol–water partition coefficient (Wildman–Crippen LogP) is 5.91. The molecule has 6 heteroatoms. The van der Waals surface area contributed by atoms with Crippen molar-refractivity contribution in [3.8, 4) is 0 Å². The van der Waals surface area contributed by atoms with Crippen molar-refractivity contribution in [1.29, 1.82) is 5.41 Å². The number of nitrogen functional groups attached to an aromatic ring is 2. The minimum atomic E-state index is -0.879. The fraction of sp³-hybridized carbons (Fsp3) is 0.0370. The van der Waals surface area contributed by atoms with E-state index >= 15 is 0 Å². The van der Waals surface area contributed by atoms with Crippen molar-refractivity contribution < 1.29 is 9.90 Å². The van der Waals surface area contributed by atoms with Crippen molar-refractivity contribution in [2.45, 2.75) is 6.92 Å². The van der Waals surface area contributed by atoms with Crippen LogP contribution in [0.3, 0.4) is 0 Å². The molecule has 0 heterocycles. The molecule has 33 heavy (non-hydrogen) atoms. The first-order valence-corrected chi connectivity index (χ1v) is 10.0. The molecular formula is C27H26ClN3O2. The highest BCUT2D eigenvalue weighted by Gasteiger charge is 2.12. The molecule has 3 aromatic carbocycles. The van der Waals surface area contributed by atoms with E-state index in [-0.39, 0.29) is 12.4 Å². The Bertz CT molecular complexity index is 1210. The molecule has 0 saturated heterocycles. The van der Waals surface area contributed by atoms with Gasteiger partial charge >= 0.3 is 5.97 Å². The summed E-state index contributed by atoms with van der Waals surface area (Å²) >= 11 is 0. The van der Waals surface area contributed by atoms with Crippen LogP contribution in [0.25, 0.3) is 5.57 Å². The minimum Gasteiger partial charge on any atom is -0.478 e.